The summed E-state index contributed by atoms with van der Waals surface area (Å²) >= 11 is 5.99. The molecule has 3 aromatic rings. The summed E-state index contributed by atoms with van der Waals surface area (Å²) in [7, 11) is 0. The van der Waals surface area contributed by atoms with E-state index in [1.165, 1.54) is 6.07 Å². The Labute approximate surface area is 158 Å². The molecular formula is C20H13ClF3NO2. The summed E-state index contributed by atoms with van der Waals surface area (Å²) in [6, 6.07) is 17.6. The minimum atomic E-state index is -4.46. The summed E-state index contributed by atoms with van der Waals surface area (Å²) < 4.78 is 43.7. The normalized spacial score (nSPS) is 11.1. The van der Waals surface area contributed by atoms with Gasteiger partial charge in [0.05, 0.1) is 11.3 Å². The molecule has 0 unspecified atom stereocenters. The lowest BCUT2D eigenvalue weighted by Gasteiger charge is -2.13. The van der Waals surface area contributed by atoms with Gasteiger partial charge in [0.25, 0.3) is 5.91 Å². The molecule has 0 aromatic heterocycles. The lowest BCUT2D eigenvalue weighted by atomic mass is 10.1. The van der Waals surface area contributed by atoms with Crippen molar-refractivity contribution in [3.05, 3.63) is 88.9 Å². The second kappa shape index (κ2) is 7.72. The lowest BCUT2D eigenvalue weighted by molar-refractivity contribution is -0.137. The van der Waals surface area contributed by atoms with Crippen LogP contribution in [-0.4, -0.2) is 5.91 Å². The van der Waals surface area contributed by atoms with E-state index in [9.17, 15) is 18.0 Å². The average Bonchev–Trinajstić information content (AvgIpc) is 2.64. The smallest absolute Gasteiger partial charge is 0.416 e. The summed E-state index contributed by atoms with van der Waals surface area (Å²) in [6.45, 7) is 0. The second-order valence-corrected chi connectivity index (χ2v) is 6.02. The molecule has 0 aliphatic heterocycles. The van der Waals surface area contributed by atoms with E-state index in [1.807, 2.05) is 6.07 Å². The molecule has 0 radical (unpaired) electrons. The lowest BCUT2D eigenvalue weighted by Crippen LogP contribution is -2.13. The summed E-state index contributed by atoms with van der Waals surface area (Å²) in [5.74, 6) is 0.333. The highest BCUT2D eigenvalue weighted by atomic mass is 35.5. The van der Waals surface area contributed by atoms with Crippen molar-refractivity contribution in [1.82, 2.24) is 0 Å². The first-order valence-corrected chi connectivity index (χ1v) is 8.22. The van der Waals surface area contributed by atoms with Crippen LogP contribution in [0.2, 0.25) is 5.02 Å². The van der Waals surface area contributed by atoms with Crippen molar-refractivity contribution in [2.24, 2.45) is 0 Å². The number of ether oxygens (including phenoxy) is 1. The van der Waals surface area contributed by atoms with Crippen LogP contribution in [0.3, 0.4) is 0 Å². The SMILES string of the molecule is O=C(Nc1cc(Cl)ccc1Oc1ccccc1)c1ccc(C(F)(F)F)cc1. The molecule has 0 saturated carbocycles. The zero-order valence-corrected chi connectivity index (χ0v) is 14.5. The van der Waals surface area contributed by atoms with Gasteiger partial charge in [-0.25, -0.2) is 0 Å². The molecule has 0 spiro atoms. The van der Waals surface area contributed by atoms with E-state index in [2.05, 4.69) is 5.32 Å². The molecular weight excluding hydrogens is 379 g/mol. The van der Waals surface area contributed by atoms with Gasteiger partial charge in [0.1, 0.15) is 5.75 Å². The standard InChI is InChI=1S/C20H13ClF3NO2/c21-15-10-11-18(27-16-4-2-1-3-5-16)17(12-15)25-19(26)13-6-8-14(9-7-13)20(22,23)24/h1-12H,(H,25,26). The van der Waals surface area contributed by atoms with Gasteiger partial charge < -0.3 is 10.1 Å². The van der Waals surface area contributed by atoms with E-state index in [4.69, 9.17) is 16.3 Å². The van der Waals surface area contributed by atoms with Crippen molar-refractivity contribution in [2.45, 2.75) is 6.18 Å². The highest BCUT2D eigenvalue weighted by Gasteiger charge is 2.30. The van der Waals surface area contributed by atoms with Crippen LogP contribution in [0.4, 0.5) is 18.9 Å². The third kappa shape index (κ3) is 4.80. The predicted molar refractivity (Wildman–Crippen MR) is 97.4 cm³/mol. The van der Waals surface area contributed by atoms with Crippen LogP contribution in [0.1, 0.15) is 15.9 Å². The third-order valence-electron chi connectivity index (χ3n) is 3.64. The van der Waals surface area contributed by atoms with Gasteiger partial charge >= 0.3 is 6.18 Å². The number of carbonyl (C=O) groups excluding carboxylic acids is 1. The molecule has 1 amide bonds. The average molecular weight is 392 g/mol. The van der Waals surface area contributed by atoms with Crippen molar-refractivity contribution in [3.63, 3.8) is 0 Å². The van der Waals surface area contributed by atoms with Crippen LogP contribution in [0, 0.1) is 0 Å². The Morgan fingerprint density at radius 1 is 0.926 bits per heavy atom. The Kier molecular flexibility index (Phi) is 5.37. The summed E-state index contributed by atoms with van der Waals surface area (Å²) in [5.41, 5.74) is -0.445. The fraction of sp³-hybridized carbons (Fsp3) is 0.0500. The Bertz CT molecular complexity index is 942. The molecule has 7 heteroatoms. The molecule has 0 fully saturated rings. The highest BCUT2D eigenvalue weighted by Crippen LogP contribution is 2.33. The molecule has 138 valence electrons. The largest absolute Gasteiger partial charge is 0.455 e. The fourth-order valence-corrected chi connectivity index (χ4v) is 2.48. The molecule has 3 aromatic carbocycles. The number of benzene rings is 3. The maximum Gasteiger partial charge on any atom is 0.416 e. The van der Waals surface area contributed by atoms with Crippen molar-refractivity contribution in [3.8, 4) is 11.5 Å². The van der Waals surface area contributed by atoms with Gasteiger partial charge in [-0.2, -0.15) is 13.2 Å². The van der Waals surface area contributed by atoms with Gasteiger partial charge in [-0.15, -0.1) is 0 Å². The van der Waals surface area contributed by atoms with Gasteiger partial charge in [0.2, 0.25) is 0 Å². The third-order valence-corrected chi connectivity index (χ3v) is 3.87. The first kappa shape index (κ1) is 18.8. The van der Waals surface area contributed by atoms with E-state index in [1.54, 1.807) is 36.4 Å². The number of hydrogen-bond acceptors (Lipinski definition) is 2. The van der Waals surface area contributed by atoms with Gasteiger partial charge in [-0.3, -0.25) is 4.79 Å². The molecule has 0 atom stereocenters. The monoisotopic (exact) mass is 391 g/mol. The van der Waals surface area contributed by atoms with Crippen LogP contribution < -0.4 is 10.1 Å². The van der Waals surface area contributed by atoms with Crippen LogP contribution in [-0.2, 0) is 6.18 Å². The van der Waals surface area contributed by atoms with Crippen molar-refractivity contribution >= 4 is 23.2 Å². The Morgan fingerprint density at radius 2 is 1.59 bits per heavy atom. The fourth-order valence-electron chi connectivity index (χ4n) is 2.31. The molecule has 3 nitrogen and oxygen atoms in total. The molecule has 1 N–H and O–H groups in total. The molecule has 3 rings (SSSR count). The molecule has 0 saturated heterocycles. The van der Waals surface area contributed by atoms with Crippen molar-refractivity contribution < 1.29 is 22.7 Å². The van der Waals surface area contributed by atoms with Crippen molar-refractivity contribution in [1.29, 1.82) is 0 Å². The topological polar surface area (TPSA) is 38.3 Å². The first-order valence-electron chi connectivity index (χ1n) is 7.84. The quantitative estimate of drug-likeness (QED) is 0.558. The van der Waals surface area contributed by atoms with E-state index in [0.29, 0.717) is 22.2 Å². The molecule has 0 aliphatic rings. The van der Waals surface area contributed by atoms with Crippen LogP contribution in [0.25, 0.3) is 0 Å². The van der Waals surface area contributed by atoms with Crippen LogP contribution in [0.5, 0.6) is 11.5 Å². The molecule has 27 heavy (non-hydrogen) atoms. The number of nitrogens with one attached hydrogen (secondary N) is 1. The minimum Gasteiger partial charge on any atom is -0.455 e. The number of rotatable bonds is 4. The number of carbonyl (C=O) groups is 1. The number of amides is 1. The summed E-state index contributed by atoms with van der Waals surface area (Å²) in [5, 5.41) is 2.99. The van der Waals surface area contributed by atoms with Gasteiger partial charge in [-0.1, -0.05) is 29.8 Å². The number of halogens is 4. The second-order valence-electron chi connectivity index (χ2n) is 5.58. The maximum atomic E-state index is 12.6. The maximum absolute atomic E-state index is 12.6. The van der Waals surface area contributed by atoms with Gasteiger partial charge in [0, 0.05) is 10.6 Å². The van der Waals surface area contributed by atoms with E-state index < -0.39 is 17.6 Å². The van der Waals surface area contributed by atoms with E-state index in [0.717, 1.165) is 24.3 Å². The van der Waals surface area contributed by atoms with Crippen LogP contribution >= 0.6 is 11.6 Å². The minimum absolute atomic E-state index is 0.0774. The van der Waals surface area contributed by atoms with Crippen molar-refractivity contribution in [2.75, 3.05) is 5.32 Å². The number of para-hydroxylation sites is 1. The Morgan fingerprint density at radius 3 is 2.22 bits per heavy atom. The van der Waals surface area contributed by atoms with Gasteiger partial charge in [-0.05, 0) is 54.6 Å². The van der Waals surface area contributed by atoms with Gasteiger partial charge in [0.15, 0.2) is 5.75 Å². The number of hydrogen-bond donors (Lipinski definition) is 1. The molecule has 0 heterocycles. The van der Waals surface area contributed by atoms with E-state index >= 15 is 0 Å². The summed E-state index contributed by atoms with van der Waals surface area (Å²) in [6.07, 6.45) is -4.46. The highest BCUT2D eigenvalue weighted by molar-refractivity contribution is 6.31. The van der Waals surface area contributed by atoms with Crippen LogP contribution in [0.15, 0.2) is 72.8 Å². The Hall–Kier alpha value is -2.99. The Balaban J connectivity index is 1.82. The number of anilines is 1. The predicted octanol–water partition coefficient (Wildman–Crippen LogP) is 6.40. The molecule has 0 aliphatic carbocycles. The summed E-state index contributed by atoms with van der Waals surface area (Å²) in [4.78, 5) is 12.4. The zero-order chi connectivity index (χ0) is 19.4. The number of alkyl halides is 3. The molecule has 0 bridgehead atoms. The first-order chi connectivity index (χ1) is 12.8. The zero-order valence-electron chi connectivity index (χ0n) is 13.8. The van der Waals surface area contributed by atoms with E-state index in [-0.39, 0.29) is 5.56 Å².